The van der Waals surface area contributed by atoms with Crippen molar-refractivity contribution in [1.82, 2.24) is 10.5 Å². The summed E-state index contributed by atoms with van der Waals surface area (Å²) in [6.07, 6.45) is 2.29. The fourth-order valence-electron chi connectivity index (χ4n) is 3.09. The van der Waals surface area contributed by atoms with Crippen molar-refractivity contribution in [2.45, 2.75) is 45.3 Å². The molecule has 2 aromatic rings. The van der Waals surface area contributed by atoms with Crippen LogP contribution < -0.4 is 5.32 Å². The van der Waals surface area contributed by atoms with Crippen LogP contribution in [0.1, 0.15) is 53.2 Å². The highest BCUT2D eigenvalue weighted by Gasteiger charge is 2.30. The summed E-state index contributed by atoms with van der Waals surface area (Å²) in [4.78, 5) is 12.8. The van der Waals surface area contributed by atoms with E-state index in [1.54, 1.807) is 19.1 Å². The van der Waals surface area contributed by atoms with Crippen LogP contribution in [0.2, 0.25) is 0 Å². The summed E-state index contributed by atoms with van der Waals surface area (Å²) in [5.74, 6) is -0.0516. The van der Waals surface area contributed by atoms with Crippen molar-refractivity contribution in [2.75, 3.05) is 6.61 Å². The largest absolute Gasteiger partial charge is 0.376 e. The average Bonchev–Trinajstić information content (AvgIpc) is 3.23. The molecule has 1 fully saturated rings. The Morgan fingerprint density at radius 3 is 2.79 bits per heavy atom. The number of nitrogens with zero attached hydrogens (tertiary/aromatic N) is 1. The quantitative estimate of drug-likeness (QED) is 0.912. The number of rotatable bonds is 5. The van der Waals surface area contributed by atoms with Crippen molar-refractivity contribution >= 4 is 5.91 Å². The summed E-state index contributed by atoms with van der Waals surface area (Å²) in [6, 6.07) is 5.82. The van der Waals surface area contributed by atoms with E-state index in [2.05, 4.69) is 10.5 Å². The molecule has 2 unspecified atom stereocenters. The molecule has 0 radical (unpaired) electrons. The Morgan fingerprint density at radius 1 is 1.42 bits per heavy atom. The van der Waals surface area contributed by atoms with Gasteiger partial charge in [-0.25, -0.2) is 4.39 Å². The van der Waals surface area contributed by atoms with Crippen LogP contribution in [0.25, 0.3) is 0 Å². The number of hydrogen-bond acceptors (Lipinski definition) is 4. The number of hydrogen-bond donors (Lipinski definition) is 1. The van der Waals surface area contributed by atoms with E-state index in [0.717, 1.165) is 18.4 Å². The van der Waals surface area contributed by atoms with Gasteiger partial charge in [-0.05, 0) is 43.9 Å². The molecule has 1 amide bonds. The molecule has 3 rings (SSSR count). The molecule has 6 heteroatoms. The first-order valence-corrected chi connectivity index (χ1v) is 8.23. The van der Waals surface area contributed by atoms with Crippen molar-refractivity contribution in [3.8, 4) is 0 Å². The van der Waals surface area contributed by atoms with E-state index in [9.17, 15) is 9.18 Å². The summed E-state index contributed by atoms with van der Waals surface area (Å²) in [5.41, 5.74) is 1.93. The lowest BCUT2D eigenvalue weighted by Gasteiger charge is -2.24. The molecule has 128 valence electrons. The third kappa shape index (κ3) is 3.33. The molecule has 24 heavy (non-hydrogen) atoms. The maximum Gasteiger partial charge on any atom is 0.257 e. The number of ether oxygens (including phenoxy) is 1. The molecule has 0 spiro atoms. The second kappa shape index (κ2) is 7.13. The zero-order valence-electron chi connectivity index (χ0n) is 13.8. The Morgan fingerprint density at radius 2 is 2.17 bits per heavy atom. The predicted molar refractivity (Wildman–Crippen MR) is 86.2 cm³/mol. The van der Waals surface area contributed by atoms with Crippen molar-refractivity contribution < 1.29 is 18.4 Å². The molecule has 0 bridgehead atoms. The van der Waals surface area contributed by atoms with Gasteiger partial charge in [-0.2, -0.15) is 0 Å². The minimum absolute atomic E-state index is 0.121. The minimum Gasteiger partial charge on any atom is -0.376 e. The topological polar surface area (TPSA) is 64.4 Å². The van der Waals surface area contributed by atoms with Crippen LogP contribution in [-0.4, -0.2) is 23.8 Å². The van der Waals surface area contributed by atoms with Gasteiger partial charge >= 0.3 is 0 Å². The van der Waals surface area contributed by atoms with Crippen molar-refractivity contribution in [1.29, 1.82) is 0 Å². The summed E-state index contributed by atoms with van der Waals surface area (Å²) in [5, 5.41) is 6.95. The maximum atomic E-state index is 13.2. The van der Waals surface area contributed by atoms with Crippen LogP contribution in [0.15, 0.2) is 28.8 Å². The fraction of sp³-hybridized carbons (Fsp3) is 0.444. The zero-order chi connectivity index (χ0) is 17.1. The highest BCUT2D eigenvalue weighted by atomic mass is 19.1. The normalized spacial score (nSPS) is 18.5. The summed E-state index contributed by atoms with van der Waals surface area (Å²) < 4.78 is 24.1. The molecule has 1 saturated heterocycles. The van der Waals surface area contributed by atoms with Crippen LogP contribution in [0.5, 0.6) is 0 Å². The number of halogens is 1. The molecule has 1 aromatic heterocycles. The average molecular weight is 332 g/mol. The molecule has 1 aromatic carbocycles. The SMILES string of the molecule is CCc1noc(C)c1C(=O)NC(c1ccc(F)cc1)C1CCCO1. The van der Waals surface area contributed by atoms with E-state index in [1.165, 1.54) is 12.1 Å². The Kier molecular flexibility index (Phi) is 4.94. The standard InChI is InChI=1S/C18H21FN2O3/c1-3-14-16(11(2)24-21-14)18(22)20-17(15-5-4-10-23-15)12-6-8-13(19)9-7-12/h6-9,15,17H,3-5,10H2,1-2H3,(H,20,22). The summed E-state index contributed by atoms with van der Waals surface area (Å²) in [7, 11) is 0. The van der Waals surface area contributed by atoms with Gasteiger partial charge in [0.1, 0.15) is 17.1 Å². The number of aromatic nitrogens is 1. The Balaban J connectivity index is 1.87. The van der Waals surface area contributed by atoms with Gasteiger partial charge in [-0.3, -0.25) is 4.79 Å². The summed E-state index contributed by atoms with van der Waals surface area (Å²) >= 11 is 0. The van der Waals surface area contributed by atoms with Crippen LogP contribution >= 0.6 is 0 Å². The van der Waals surface area contributed by atoms with Crippen LogP contribution in [0, 0.1) is 12.7 Å². The van der Waals surface area contributed by atoms with E-state index in [4.69, 9.17) is 9.26 Å². The van der Waals surface area contributed by atoms with E-state index < -0.39 is 0 Å². The third-order valence-corrected chi connectivity index (χ3v) is 4.35. The Hall–Kier alpha value is -2.21. The first kappa shape index (κ1) is 16.6. The van der Waals surface area contributed by atoms with Gasteiger partial charge in [0.2, 0.25) is 0 Å². The monoisotopic (exact) mass is 332 g/mol. The lowest BCUT2D eigenvalue weighted by atomic mass is 9.98. The second-order valence-electron chi connectivity index (χ2n) is 5.97. The van der Waals surface area contributed by atoms with E-state index >= 15 is 0 Å². The molecule has 0 aliphatic carbocycles. The minimum atomic E-state index is -0.334. The van der Waals surface area contributed by atoms with Gasteiger partial charge in [-0.15, -0.1) is 0 Å². The summed E-state index contributed by atoms with van der Waals surface area (Å²) in [6.45, 7) is 4.32. The van der Waals surface area contributed by atoms with Crippen molar-refractivity contribution in [3.63, 3.8) is 0 Å². The number of aryl methyl sites for hydroxylation is 2. The smallest absolute Gasteiger partial charge is 0.257 e. The molecule has 5 nitrogen and oxygen atoms in total. The van der Waals surface area contributed by atoms with Gasteiger partial charge in [0.15, 0.2) is 0 Å². The highest BCUT2D eigenvalue weighted by Crippen LogP contribution is 2.28. The molecule has 0 saturated carbocycles. The van der Waals surface area contributed by atoms with Crippen LogP contribution in [0.3, 0.4) is 0 Å². The van der Waals surface area contributed by atoms with Crippen LogP contribution in [-0.2, 0) is 11.2 Å². The van der Waals surface area contributed by atoms with E-state index in [0.29, 0.717) is 30.0 Å². The third-order valence-electron chi connectivity index (χ3n) is 4.35. The number of nitrogens with one attached hydrogen (secondary N) is 1. The van der Waals surface area contributed by atoms with E-state index in [1.807, 2.05) is 6.92 Å². The highest BCUT2D eigenvalue weighted by molar-refractivity contribution is 5.96. The lowest BCUT2D eigenvalue weighted by molar-refractivity contribution is 0.0671. The second-order valence-corrected chi connectivity index (χ2v) is 5.97. The molecular weight excluding hydrogens is 311 g/mol. The van der Waals surface area contributed by atoms with Gasteiger partial charge in [0.05, 0.1) is 17.8 Å². The number of benzene rings is 1. The predicted octanol–water partition coefficient (Wildman–Crippen LogP) is 3.33. The van der Waals surface area contributed by atoms with Gasteiger partial charge in [0.25, 0.3) is 5.91 Å². The Bertz CT molecular complexity index is 706. The zero-order valence-corrected chi connectivity index (χ0v) is 13.8. The molecule has 1 aliphatic heterocycles. The number of amides is 1. The van der Waals surface area contributed by atoms with E-state index in [-0.39, 0.29) is 23.9 Å². The maximum absolute atomic E-state index is 13.2. The van der Waals surface area contributed by atoms with Crippen molar-refractivity contribution in [2.24, 2.45) is 0 Å². The fourth-order valence-corrected chi connectivity index (χ4v) is 3.09. The molecular formula is C18H21FN2O3. The molecule has 1 aliphatic rings. The molecule has 2 heterocycles. The number of carbonyl (C=O) groups excluding carboxylic acids is 1. The van der Waals surface area contributed by atoms with Crippen LogP contribution in [0.4, 0.5) is 4.39 Å². The first-order valence-electron chi connectivity index (χ1n) is 8.23. The number of carbonyl (C=O) groups is 1. The Labute approximate surface area is 140 Å². The van der Waals surface area contributed by atoms with Crippen molar-refractivity contribution in [3.05, 3.63) is 52.7 Å². The molecule has 2 atom stereocenters. The lowest BCUT2D eigenvalue weighted by Crippen LogP contribution is -2.36. The molecule has 1 N–H and O–H groups in total. The van der Waals surface area contributed by atoms with Gasteiger partial charge in [0, 0.05) is 6.61 Å². The van der Waals surface area contributed by atoms with Gasteiger partial charge in [-0.1, -0.05) is 24.2 Å². The van der Waals surface area contributed by atoms with Gasteiger partial charge < -0.3 is 14.6 Å². The first-order chi connectivity index (χ1) is 11.6.